The maximum atomic E-state index is 8.81. The standard InChI is InChI=1S/C14H14O3/c15-14(16)10-17-13-9-5-4-8-12(13)11-6-2-1-3-7-11/h1-9,14-16H,10H2. The van der Waals surface area contributed by atoms with Gasteiger partial charge in [0, 0.05) is 5.56 Å². The summed E-state index contributed by atoms with van der Waals surface area (Å²) in [6.45, 7) is -0.135. The number of ether oxygens (including phenoxy) is 1. The molecular weight excluding hydrogens is 216 g/mol. The van der Waals surface area contributed by atoms with Crippen molar-refractivity contribution in [1.29, 1.82) is 0 Å². The van der Waals surface area contributed by atoms with Crippen LogP contribution in [0.25, 0.3) is 11.1 Å². The maximum absolute atomic E-state index is 8.81. The van der Waals surface area contributed by atoms with Gasteiger partial charge in [-0.15, -0.1) is 0 Å². The molecule has 2 rings (SSSR count). The van der Waals surface area contributed by atoms with Crippen molar-refractivity contribution in [3.8, 4) is 16.9 Å². The molecule has 0 saturated carbocycles. The number of hydrogen-bond donors (Lipinski definition) is 2. The first-order chi connectivity index (χ1) is 8.27. The van der Waals surface area contributed by atoms with E-state index in [0.29, 0.717) is 5.75 Å². The first-order valence-corrected chi connectivity index (χ1v) is 5.41. The molecule has 0 amide bonds. The molecule has 2 N–H and O–H groups in total. The van der Waals surface area contributed by atoms with E-state index in [9.17, 15) is 0 Å². The van der Waals surface area contributed by atoms with Crippen LogP contribution < -0.4 is 4.74 Å². The highest BCUT2D eigenvalue weighted by Gasteiger charge is 2.06. The summed E-state index contributed by atoms with van der Waals surface area (Å²) in [6, 6.07) is 17.3. The van der Waals surface area contributed by atoms with E-state index in [-0.39, 0.29) is 6.61 Å². The van der Waals surface area contributed by atoms with Crippen LogP contribution >= 0.6 is 0 Å². The second-order valence-corrected chi connectivity index (χ2v) is 3.65. The highest BCUT2D eigenvalue weighted by Crippen LogP contribution is 2.29. The predicted octanol–water partition coefficient (Wildman–Crippen LogP) is 2.04. The van der Waals surface area contributed by atoms with Crippen LogP contribution in [0.3, 0.4) is 0 Å². The van der Waals surface area contributed by atoms with Gasteiger partial charge >= 0.3 is 0 Å². The summed E-state index contributed by atoms with van der Waals surface area (Å²) in [6.07, 6.45) is -1.46. The van der Waals surface area contributed by atoms with Gasteiger partial charge in [-0.2, -0.15) is 0 Å². The minimum atomic E-state index is -1.46. The Kier molecular flexibility index (Phi) is 3.75. The monoisotopic (exact) mass is 230 g/mol. The molecule has 88 valence electrons. The molecule has 0 bridgehead atoms. The lowest BCUT2D eigenvalue weighted by molar-refractivity contribution is -0.0679. The summed E-state index contributed by atoms with van der Waals surface area (Å²) in [4.78, 5) is 0. The molecule has 0 atom stereocenters. The molecular formula is C14H14O3. The van der Waals surface area contributed by atoms with Gasteiger partial charge in [0.25, 0.3) is 0 Å². The summed E-state index contributed by atoms with van der Waals surface area (Å²) < 4.78 is 5.35. The van der Waals surface area contributed by atoms with Crippen molar-refractivity contribution < 1.29 is 14.9 Å². The molecule has 0 heterocycles. The molecule has 0 radical (unpaired) electrons. The fourth-order valence-corrected chi connectivity index (χ4v) is 1.61. The second kappa shape index (κ2) is 5.48. The Morgan fingerprint density at radius 1 is 0.882 bits per heavy atom. The first kappa shape index (κ1) is 11.6. The van der Waals surface area contributed by atoms with E-state index in [1.807, 2.05) is 54.6 Å². The van der Waals surface area contributed by atoms with E-state index in [4.69, 9.17) is 14.9 Å². The number of aliphatic hydroxyl groups excluding tert-OH is 1. The lowest BCUT2D eigenvalue weighted by Crippen LogP contribution is -2.16. The Hall–Kier alpha value is -1.84. The van der Waals surface area contributed by atoms with Crippen LogP contribution in [0.15, 0.2) is 54.6 Å². The smallest absolute Gasteiger partial charge is 0.186 e. The Labute approximate surface area is 99.9 Å². The SMILES string of the molecule is OC(O)COc1ccccc1-c1ccccc1. The summed E-state index contributed by atoms with van der Waals surface area (Å²) in [5.74, 6) is 0.645. The molecule has 0 spiro atoms. The summed E-state index contributed by atoms with van der Waals surface area (Å²) in [5, 5.41) is 17.6. The molecule has 0 aliphatic carbocycles. The average molecular weight is 230 g/mol. The lowest BCUT2D eigenvalue weighted by atomic mass is 10.1. The van der Waals surface area contributed by atoms with Crippen molar-refractivity contribution in [2.75, 3.05) is 6.61 Å². The number of aliphatic hydroxyl groups is 2. The van der Waals surface area contributed by atoms with Crippen molar-refractivity contribution in [1.82, 2.24) is 0 Å². The molecule has 2 aromatic carbocycles. The summed E-state index contributed by atoms with van der Waals surface area (Å²) in [7, 11) is 0. The third kappa shape index (κ3) is 3.06. The van der Waals surface area contributed by atoms with Crippen LogP contribution in [0.5, 0.6) is 5.75 Å². The quantitative estimate of drug-likeness (QED) is 0.790. The third-order valence-corrected chi connectivity index (χ3v) is 2.36. The van der Waals surface area contributed by atoms with Crippen molar-refractivity contribution in [2.24, 2.45) is 0 Å². The van der Waals surface area contributed by atoms with Gasteiger partial charge < -0.3 is 14.9 Å². The first-order valence-electron chi connectivity index (χ1n) is 5.41. The van der Waals surface area contributed by atoms with E-state index in [2.05, 4.69) is 0 Å². The highest BCUT2D eigenvalue weighted by atomic mass is 16.5. The average Bonchev–Trinajstić information content (AvgIpc) is 2.38. The summed E-state index contributed by atoms with van der Waals surface area (Å²) >= 11 is 0. The minimum Gasteiger partial charge on any atom is -0.488 e. The molecule has 3 heteroatoms. The van der Waals surface area contributed by atoms with Crippen LogP contribution in [0.1, 0.15) is 0 Å². The topological polar surface area (TPSA) is 49.7 Å². The van der Waals surface area contributed by atoms with Crippen LogP contribution in [0.2, 0.25) is 0 Å². The lowest BCUT2D eigenvalue weighted by Gasteiger charge is -2.12. The Morgan fingerprint density at radius 2 is 1.53 bits per heavy atom. The van der Waals surface area contributed by atoms with Crippen molar-refractivity contribution in [3.63, 3.8) is 0 Å². The van der Waals surface area contributed by atoms with E-state index >= 15 is 0 Å². The number of benzene rings is 2. The fraction of sp³-hybridized carbons (Fsp3) is 0.143. The zero-order chi connectivity index (χ0) is 12.1. The van der Waals surface area contributed by atoms with E-state index in [1.165, 1.54) is 0 Å². The predicted molar refractivity (Wildman–Crippen MR) is 65.6 cm³/mol. The molecule has 0 unspecified atom stereocenters. The maximum Gasteiger partial charge on any atom is 0.186 e. The Morgan fingerprint density at radius 3 is 2.24 bits per heavy atom. The van der Waals surface area contributed by atoms with Gasteiger partial charge in [0.05, 0.1) is 0 Å². The largest absolute Gasteiger partial charge is 0.488 e. The zero-order valence-corrected chi connectivity index (χ0v) is 9.28. The van der Waals surface area contributed by atoms with Gasteiger partial charge in [-0.25, -0.2) is 0 Å². The molecule has 17 heavy (non-hydrogen) atoms. The number of rotatable bonds is 4. The highest BCUT2D eigenvalue weighted by molar-refractivity contribution is 5.70. The fourth-order valence-electron chi connectivity index (χ4n) is 1.61. The molecule has 3 nitrogen and oxygen atoms in total. The van der Waals surface area contributed by atoms with Crippen LogP contribution in [-0.2, 0) is 0 Å². The minimum absolute atomic E-state index is 0.135. The van der Waals surface area contributed by atoms with Crippen LogP contribution in [-0.4, -0.2) is 23.1 Å². The molecule has 2 aromatic rings. The van der Waals surface area contributed by atoms with Crippen LogP contribution in [0.4, 0.5) is 0 Å². The van der Waals surface area contributed by atoms with Gasteiger partial charge in [0.15, 0.2) is 6.29 Å². The van der Waals surface area contributed by atoms with E-state index < -0.39 is 6.29 Å². The number of hydrogen-bond acceptors (Lipinski definition) is 3. The third-order valence-electron chi connectivity index (χ3n) is 2.36. The van der Waals surface area contributed by atoms with E-state index in [1.54, 1.807) is 0 Å². The van der Waals surface area contributed by atoms with Crippen molar-refractivity contribution in [2.45, 2.75) is 6.29 Å². The molecule has 0 aromatic heterocycles. The zero-order valence-electron chi connectivity index (χ0n) is 9.28. The Bertz CT molecular complexity index is 466. The van der Waals surface area contributed by atoms with Gasteiger partial charge in [-0.3, -0.25) is 0 Å². The van der Waals surface area contributed by atoms with Crippen LogP contribution in [0, 0.1) is 0 Å². The molecule has 0 aliphatic heterocycles. The van der Waals surface area contributed by atoms with Crippen molar-refractivity contribution >= 4 is 0 Å². The molecule has 0 fully saturated rings. The summed E-state index contributed by atoms with van der Waals surface area (Å²) in [5.41, 5.74) is 1.98. The second-order valence-electron chi connectivity index (χ2n) is 3.65. The van der Waals surface area contributed by atoms with Gasteiger partial charge in [0.2, 0.25) is 0 Å². The number of para-hydroxylation sites is 1. The van der Waals surface area contributed by atoms with Crippen molar-refractivity contribution in [3.05, 3.63) is 54.6 Å². The van der Waals surface area contributed by atoms with Gasteiger partial charge in [-0.05, 0) is 11.6 Å². The molecule has 0 aliphatic rings. The normalized spacial score (nSPS) is 10.5. The molecule has 0 saturated heterocycles. The Balaban J connectivity index is 2.28. The van der Waals surface area contributed by atoms with Gasteiger partial charge in [0.1, 0.15) is 12.4 Å². The van der Waals surface area contributed by atoms with E-state index in [0.717, 1.165) is 11.1 Å². The van der Waals surface area contributed by atoms with Gasteiger partial charge in [-0.1, -0.05) is 48.5 Å².